The van der Waals surface area contributed by atoms with E-state index in [4.69, 9.17) is 9.84 Å². The number of anilines is 1. The lowest BCUT2D eigenvalue weighted by Gasteiger charge is -2.23. The number of aliphatic hydroxyl groups excluding tert-OH is 1. The highest BCUT2D eigenvalue weighted by Crippen LogP contribution is 2.40. The third kappa shape index (κ3) is 4.87. The molecule has 2 aliphatic rings. The molecule has 1 saturated heterocycles. The molecule has 8 heteroatoms. The van der Waals surface area contributed by atoms with Gasteiger partial charge in [0.05, 0.1) is 11.7 Å². The van der Waals surface area contributed by atoms with Crippen LogP contribution in [0.25, 0.3) is 32.9 Å². The quantitative estimate of drug-likeness (QED) is 0.299. The Hall–Kier alpha value is -3.43. The van der Waals surface area contributed by atoms with Crippen molar-refractivity contribution < 1.29 is 19.4 Å². The van der Waals surface area contributed by atoms with Gasteiger partial charge >= 0.3 is 0 Å². The first-order valence-electron chi connectivity index (χ1n) is 11.7. The minimum absolute atomic E-state index is 0.00286. The number of para-hydroxylation sites is 2. The van der Waals surface area contributed by atoms with Crippen molar-refractivity contribution in [3.8, 4) is 11.1 Å². The topological polar surface area (TPSA) is 122 Å². The van der Waals surface area contributed by atoms with Gasteiger partial charge in [0.25, 0.3) is 5.91 Å². The number of fused-ring (bicyclic) bond motifs is 5. The van der Waals surface area contributed by atoms with Gasteiger partial charge in [0.2, 0.25) is 0 Å². The number of H-pyrrole nitrogens is 1. The van der Waals surface area contributed by atoms with Crippen LogP contribution in [-0.2, 0) is 16.0 Å². The van der Waals surface area contributed by atoms with E-state index in [1.807, 2.05) is 44.3 Å². The van der Waals surface area contributed by atoms with Crippen LogP contribution in [0, 0.1) is 0 Å². The number of carbonyl (C=O) groups is 1. The van der Waals surface area contributed by atoms with Crippen molar-refractivity contribution in [2.24, 2.45) is 5.73 Å². The third-order valence-electron chi connectivity index (χ3n) is 6.18. The van der Waals surface area contributed by atoms with Crippen LogP contribution in [0.15, 0.2) is 54.6 Å². The van der Waals surface area contributed by atoms with Crippen LogP contribution in [0.3, 0.4) is 0 Å². The number of rotatable bonds is 2. The van der Waals surface area contributed by atoms with E-state index in [-0.39, 0.29) is 18.8 Å². The molecule has 6 N–H and O–H groups in total. The molecular weight excluding hydrogens is 444 g/mol. The zero-order valence-corrected chi connectivity index (χ0v) is 20.2. The van der Waals surface area contributed by atoms with Gasteiger partial charge in [-0.2, -0.15) is 0 Å². The minimum Gasteiger partial charge on any atom is -0.388 e. The Morgan fingerprint density at radius 2 is 1.77 bits per heavy atom. The molecule has 3 heterocycles. The number of ether oxygens (including phenoxy) is 2. The monoisotopic (exact) mass is 476 g/mol. The summed E-state index contributed by atoms with van der Waals surface area (Å²) in [6.07, 6.45) is 0.109. The second-order valence-corrected chi connectivity index (χ2v) is 8.30. The maximum Gasteiger partial charge on any atom is 0.252 e. The molecule has 8 nitrogen and oxygen atoms in total. The lowest BCUT2D eigenvalue weighted by atomic mass is 9.92. The van der Waals surface area contributed by atoms with Crippen LogP contribution < -0.4 is 16.4 Å². The molecular formula is C27H32N4O4. The van der Waals surface area contributed by atoms with Gasteiger partial charge in [-0.25, -0.2) is 0 Å². The average molecular weight is 477 g/mol. The minimum atomic E-state index is -0.612. The Labute approximate surface area is 204 Å². The van der Waals surface area contributed by atoms with E-state index in [1.54, 1.807) is 0 Å². The summed E-state index contributed by atoms with van der Waals surface area (Å²) in [5.74, 6) is 0.00286. The molecule has 0 spiro atoms. The van der Waals surface area contributed by atoms with Crippen LogP contribution in [0.2, 0.25) is 0 Å². The summed E-state index contributed by atoms with van der Waals surface area (Å²) in [4.78, 5) is 16.1. The molecule has 0 radical (unpaired) electrons. The van der Waals surface area contributed by atoms with Crippen molar-refractivity contribution in [2.45, 2.75) is 32.3 Å². The van der Waals surface area contributed by atoms with Crippen LogP contribution in [0.5, 0.6) is 0 Å². The Bertz CT molecular complexity index is 1330. The predicted octanol–water partition coefficient (Wildman–Crippen LogP) is 3.94. The third-order valence-corrected chi connectivity index (χ3v) is 6.18. The number of nitrogens with one attached hydrogen (secondary N) is 3. The zero-order chi connectivity index (χ0) is 24.9. The second-order valence-electron chi connectivity index (χ2n) is 8.30. The first-order valence-corrected chi connectivity index (χ1v) is 11.7. The Morgan fingerprint density at radius 1 is 1.03 bits per heavy atom. The summed E-state index contributed by atoms with van der Waals surface area (Å²) in [5.41, 5.74) is 11.6. The first-order chi connectivity index (χ1) is 17.1. The van der Waals surface area contributed by atoms with Gasteiger partial charge in [0.1, 0.15) is 6.79 Å². The normalized spacial score (nSPS) is 18.7. The number of amides is 1. The van der Waals surface area contributed by atoms with Crippen LogP contribution in [-0.4, -0.2) is 49.3 Å². The predicted molar refractivity (Wildman–Crippen MR) is 139 cm³/mol. The van der Waals surface area contributed by atoms with Gasteiger partial charge in [-0.05, 0) is 43.3 Å². The number of benzene rings is 3. The summed E-state index contributed by atoms with van der Waals surface area (Å²) in [7, 11) is 3.40. The Kier molecular flexibility index (Phi) is 7.67. The molecule has 0 aliphatic carbocycles. The number of aromatic amines is 1. The number of aromatic nitrogens is 1. The standard InChI is InChI=1S/C21H17N3O.C5H10O3.CH5N/c1-22-16-8-4-2-6-12(16)14-10-18-19(15-11-23-21(25)20(14)15)13-7-3-5-9-17(13)24-18;1-4-2-5(6)8-3-7-4;1-2/h2-10,22,24H,11H2,1H3,(H,23,25);4-6H,2-3H2,1H3;2H2,1H3. The Morgan fingerprint density at radius 3 is 2.49 bits per heavy atom. The maximum atomic E-state index is 12.6. The lowest BCUT2D eigenvalue weighted by Crippen LogP contribution is -2.28. The molecule has 1 aromatic heterocycles. The van der Waals surface area contributed by atoms with E-state index in [0.717, 1.165) is 44.4 Å². The molecule has 3 aromatic carbocycles. The number of hydrogen-bond donors (Lipinski definition) is 5. The van der Waals surface area contributed by atoms with Gasteiger partial charge in [0, 0.05) is 53.1 Å². The fraction of sp³-hybridized carbons (Fsp3) is 0.296. The largest absolute Gasteiger partial charge is 0.388 e. The molecule has 4 aromatic rings. The number of aliphatic hydroxyl groups is 1. The summed E-state index contributed by atoms with van der Waals surface area (Å²) in [5, 5.41) is 17.3. The van der Waals surface area contributed by atoms with Crippen LogP contribution >= 0.6 is 0 Å². The molecule has 2 atom stereocenters. The van der Waals surface area contributed by atoms with E-state index >= 15 is 0 Å². The SMILES string of the molecule is CC1CC(O)OCO1.CN.CNc1ccccc1-c1cc2[nH]c3ccccc3c2c2c1C(=O)NC2. The summed E-state index contributed by atoms with van der Waals surface area (Å²) < 4.78 is 9.65. The molecule has 1 amide bonds. The van der Waals surface area contributed by atoms with E-state index in [1.165, 1.54) is 12.4 Å². The molecule has 184 valence electrons. The zero-order valence-electron chi connectivity index (χ0n) is 20.2. The van der Waals surface area contributed by atoms with Crippen molar-refractivity contribution in [1.82, 2.24) is 10.3 Å². The first kappa shape index (κ1) is 24.7. The fourth-order valence-corrected chi connectivity index (χ4v) is 4.60. The number of carbonyl (C=O) groups excluding carboxylic acids is 1. The summed E-state index contributed by atoms with van der Waals surface area (Å²) in [6.45, 7) is 2.70. The molecule has 2 unspecified atom stereocenters. The van der Waals surface area contributed by atoms with Gasteiger partial charge in [0.15, 0.2) is 6.29 Å². The molecule has 1 fully saturated rings. The number of hydrogen-bond acceptors (Lipinski definition) is 6. The van der Waals surface area contributed by atoms with Crippen molar-refractivity contribution in [3.05, 3.63) is 65.7 Å². The molecule has 2 aliphatic heterocycles. The van der Waals surface area contributed by atoms with Crippen molar-refractivity contribution in [2.75, 3.05) is 26.2 Å². The maximum absolute atomic E-state index is 12.6. The molecule has 0 saturated carbocycles. The Balaban J connectivity index is 0.000000245. The fourth-order valence-electron chi connectivity index (χ4n) is 4.60. The second kappa shape index (κ2) is 10.9. The van der Waals surface area contributed by atoms with E-state index in [9.17, 15) is 4.79 Å². The van der Waals surface area contributed by atoms with E-state index < -0.39 is 6.29 Å². The molecule has 6 rings (SSSR count). The average Bonchev–Trinajstić information content (AvgIpc) is 3.45. The van der Waals surface area contributed by atoms with Gasteiger partial charge in [-0.3, -0.25) is 4.79 Å². The highest BCUT2D eigenvalue weighted by atomic mass is 16.7. The highest BCUT2D eigenvalue weighted by molar-refractivity contribution is 6.17. The summed E-state index contributed by atoms with van der Waals surface area (Å²) in [6, 6.07) is 18.4. The smallest absolute Gasteiger partial charge is 0.252 e. The van der Waals surface area contributed by atoms with Gasteiger partial charge < -0.3 is 35.9 Å². The lowest BCUT2D eigenvalue weighted by molar-refractivity contribution is -0.236. The molecule has 0 bridgehead atoms. The van der Waals surface area contributed by atoms with Crippen molar-refractivity contribution in [3.63, 3.8) is 0 Å². The highest BCUT2D eigenvalue weighted by Gasteiger charge is 2.28. The van der Waals surface area contributed by atoms with Gasteiger partial charge in [-0.1, -0.05) is 36.4 Å². The van der Waals surface area contributed by atoms with Crippen molar-refractivity contribution >= 4 is 33.4 Å². The van der Waals surface area contributed by atoms with Gasteiger partial charge in [-0.15, -0.1) is 0 Å². The molecule has 35 heavy (non-hydrogen) atoms. The number of nitrogens with two attached hydrogens (primary N) is 1. The van der Waals surface area contributed by atoms with E-state index in [0.29, 0.717) is 13.0 Å². The van der Waals surface area contributed by atoms with Crippen LogP contribution in [0.1, 0.15) is 29.3 Å². The van der Waals surface area contributed by atoms with Crippen molar-refractivity contribution in [1.29, 1.82) is 0 Å². The van der Waals surface area contributed by atoms with E-state index in [2.05, 4.69) is 50.4 Å². The summed E-state index contributed by atoms with van der Waals surface area (Å²) >= 11 is 0. The van der Waals surface area contributed by atoms with Crippen LogP contribution in [0.4, 0.5) is 5.69 Å².